The lowest BCUT2D eigenvalue weighted by Crippen LogP contribution is -2.55. The highest BCUT2D eigenvalue weighted by atomic mass is 19.1. The molecule has 3 heterocycles. The number of hydrogen-bond donors (Lipinski definition) is 2. The van der Waals surface area contributed by atoms with Crippen LogP contribution in [-0.4, -0.2) is 101 Å². The Balaban J connectivity index is 1.77. The number of carbonyl (C=O) groups is 2. The van der Waals surface area contributed by atoms with Gasteiger partial charge in [0, 0.05) is 38.3 Å². The van der Waals surface area contributed by atoms with Crippen LogP contribution in [0.4, 0.5) is 20.7 Å². The molecule has 3 rings (SSSR count). The predicted molar refractivity (Wildman–Crippen MR) is 119 cm³/mol. The molecule has 2 saturated heterocycles. The first-order chi connectivity index (χ1) is 15.4. The van der Waals surface area contributed by atoms with Crippen molar-refractivity contribution < 1.29 is 28.6 Å². The number of likely N-dealkylation sites (N-methyl/N-ethyl adjacent to an activating group) is 1. The van der Waals surface area contributed by atoms with Crippen molar-refractivity contribution in [3.63, 3.8) is 0 Å². The number of nitrogen functional groups attached to an aromatic ring is 1. The van der Waals surface area contributed by atoms with Gasteiger partial charge in [-0.2, -0.15) is 9.97 Å². The summed E-state index contributed by atoms with van der Waals surface area (Å²) in [5.41, 5.74) is 5.08. The number of alkyl halides is 1. The first kappa shape index (κ1) is 24.7. The third-order valence-electron chi connectivity index (χ3n) is 5.70. The average Bonchev–Trinajstić information content (AvgIpc) is 3.02. The monoisotopic (exact) mass is 468 g/mol. The molecular formula is C21H33FN6O5. The maximum Gasteiger partial charge on any atom is 0.410 e. The molecule has 0 aromatic carbocycles. The number of carbonyl (C=O) groups excluding carboxylic acids is 1. The number of hydrogen-bond acceptors (Lipinski definition) is 9. The molecule has 184 valence electrons. The lowest BCUT2D eigenvalue weighted by Gasteiger charge is -2.41. The van der Waals surface area contributed by atoms with Gasteiger partial charge in [-0.3, -0.25) is 4.90 Å². The second kappa shape index (κ2) is 9.54. The number of nitrogens with zero attached hydrogens (tertiary/aromatic N) is 5. The molecular weight excluding hydrogens is 435 g/mol. The fourth-order valence-electron chi connectivity index (χ4n) is 4.03. The molecule has 0 saturated carbocycles. The number of carboxylic acid groups (broad SMARTS) is 1. The number of rotatable bonds is 5. The summed E-state index contributed by atoms with van der Waals surface area (Å²) in [5.74, 6) is -1.07. The zero-order valence-electron chi connectivity index (χ0n) is 19.7. The van der Waals surface area contributed by atoms with Crippen molar-refractivity contribution in [2.45, 2.75) is 58.0 Å². The number of carboxylic acids is 1. The van der Waals surface area contributed by atoms with Crippen LogP contribution >= 0.6 is 0 Å². The van der Waals surface area contributed by atoms with Gasteiger partial charge >= 0.3 is 18.1 Å². The molecule has 0 radical (unpaired) electrons. The molecule has 0 unspecified atom stereocenters. The minimum Gasteiger partial charge on any atom is -0.476 e. The van der Waals surface area contributed by atoms with Crippen LogP contribution in [-0.2, 0) is 4.74 Å². The Hall–Kier alpha value is -2.89. The third kappa shape index (κ3) is 5.92. The molecule has 2 fully saturated rings. The van der Waals surface area contributed by atoms with Gasteiger partial charge in [0.1, 0.15) is 24.1 Å². The quantitative estimate of drug-likeness (QED) is 0.656. The second-order valence-corrected chi connectivity index (χ2v) is 9.60. The van der Waals surface area contributed by atoms with Crippen LogP contribution in [0.25, 0.3) is 0 Å². The van der Waals surface area contributed by atoms with Crippen LogP contribution in [0.3, 0.4) is 0 Å². The lowest BCUT2D eigenvalue weighted by atomic mass is 10.1. The highest BCUT2D eigenvalue weighted by molar-refractivity contribution is 5.94. The van der Waals surface area contributed by atoms with Crippen molar-refractivity contribution in [2.24, 2.45) is 0 Å². The minimum absolute atomic E-state index is 0.0748. The minimum atomic E-state index is -1.30. The first-order valence-electron chi connectivity index (χ1n) is 11.0. The molecule has 2 aliphatic heterocycles. The molecule has 2 aliphatic rings. The van der Waals surface area contributed by atoms with Crippen LogP contribution < -0.4 is 15.4 Å². The first-order valence-corrected chi connectivity index (χ1v) is 11.0. The van der Waals surface area contributed by atoms with Gasteiger partial charge in [-0.05, 0) is 41.2 Å². The summed E-state index contributed by atoms with van der Waals surface area (Å²) in [6, 6.07) is -0.505. The topological polar surface area (TPSA) is 134 Å². The highest BCUT2D eigenvalue weighted by Gasteiger charge is 2.34. The van der Waals surface area contributed by atoms with E-state index in [-0.39, 0.29) is 41.9 Å². The Bertz CT molecular complexity index is 895. The van der Waals surface area contributed by atoms with Crippen molar-refractivity contribution in [1.82, 2.24) is 19.8 Å². The third-order valence-corrected chi connectivity index (χ3v) is 5.70. The van der Waals surface area contributed by atoms with E-state index in [2.05, 4.69) is 9.97 Å². The maximum atomic E-state index is 13.6. The van der Waals surface area contributed by atoms with Crippen molar-refractivity contribution >= 4 is 23.6 Å². The summed E-state index contributed by atoms with van der Waals surface area (Å²) in [4.78, 5) is 37.8. The van der Waals surface area contributed by atoms with Crippen molar-refractivity contribution in [3.05, 3.63) is 5.69 Å². The fourth-order valence-corrected chi connectivity index (χ4v) is 4.03. The standard InChI is InChI=1S/C21H33FN6O5/c1-12-9-27(20(31)33-21(2,3)4)6-7-28(12)17-15(23)16(18(29)30)24-19(25-17)32-11-14-8-13(22)10-26(14)5/h12-14H,6-11,23H2,1-5H3,(H,29,30)/t12-,13+,14-/m0/s1. The van der Waals surface area contributed by atoms with E-state index in [1.165, 1.54) is 0 Å². The normalized spacial score (nSPS) is 24.1. The molecule has 1 aromatic rings. The maximum absolute atomic E-state index is 13.6. The SMILES string of the molecule is C[C@H]1CN(C(=O)OC(C)(C)C)CCN1c1nc(OC[C@@H]2C[C@@H](F)CN2C)nc(C(=O)O)c1N. The zero-order valence-corrected chi connectivity index (χ0v) is 19.7. The number of amides is 1. The number of aromatic carboxylic acids is 1. The van der Waals surface area contributed by atoms with Crippen molar-refractivity contribution in [3.8, 4) is 6.01 Å². The Morgan fingerprint density at radius 2 is 1.94 bits per heavy atom. The van der Waals surface area contributed by atoms with Crippen LogP contribution in [0.5, 0.6) is 6.01 Å². The predicted octanol–water partition coefficient (Wildman–Crippen LogP) is 1.62. The van der Waals surface area contributed by atoms with Gasteiger partial charge in [-0.15, -0.1) is 0 Å². The summed E-state index contributed by atoms with van der Waals surface area (Å²) in [5, 5.41) is 9.59. The Morgan fingerprint density at radius 1 is 1.24 bits per heavy atom. The highest BCUT2D eigenvalue weighted by Crippen LogP contribution is 2.30. The van der Waals surface area contributed by atoms with Crippen molar-refractivity contribution in [2.75, 3.05) is 50.5 Å². The number of likely N-dealkylation sites (tertiary alicyclic amines) is 1. The molecule has 3 N–H and O–H groups in total. The van der Waals surface area contributed by atoms with Crippen LogP contribution in [0.1, 0.15) is 44.6 Å². The van der Waals surface area contributed by atoms with Gasteiger partial charge in [-0.25, -0.2) is 14.0 Å². The summed E-state index contributed by atoms with van der Waals surface area (Å²) in [6.45, 7) is 8.81. The van der Waals surface area contributed by atoms with Gasteiger partial charge in [0.15, 0.2) is 11.5 Å². The number of anilines is 2. The van der Waals surface area contributed by atoms with E-state index in [0.717, 1.165) is 0 Å². The average molecular weight is 469 g/mol. The van der Waals surface area contributed by atoms with Crippen LogP contribution in [0.2, 0.25) is 0 Å². The van der Waals surface area contributed by atoms with Crippen LogP contribution in [0.15, 0.2) is 0 Å². The van der Waals surface area contributed by atoms with Gasteiger partial charge in [-0.1, -0.05) is 0 Å². The Labute approximate surface area is 192 Å². The van der Waals surface area contributed by atoms with Gasteiger partial charge in [0.25, 0.3) is 0 Å². The Morgan fingerprint density at radius 3 is 2.48 bits per heavy atom. The van der Waals surface area contributed by atoms with E-state index in [4.69, 9.17) is 15.2 Å². The number of nitrogens with two attached hydrogens (primary N) is 1. The van der Waals surface area contributed by atoms with E-state index in [1.54, 1.807) is 32.7 Å². The van der Waals surface area contributed by atoms with E-state index in [1.807, 2.05) is 16.7 Å². The van der Waals surface area contributed by atoms with E-state index >= 15 is 0 Å². The molecule has 1 aromatic heterocycles. The van der Waals surface area contributed by atoms with Crippen molar-refractivity contribution in [1.29, 1.82) is 0 Å². The van der Waals surface area contributed by atoms with Gasteiger partial charge in [0.2, 0.25) is 0 Å². The Kier molecular flexibility index (Phi) is 7.15. The number of halogens is 1. The molecule has 0 spiro atoms. The summed E-state index contributed by atoms with van der Waals surface area (Å²) in [6.07, 6.45) is -1.01. The molecule has 12 heteroatoms. The smallest absolute Gasteiger partial charge is 0.410 e. The summed E-state index contributed by atoms with van der Waals surface area (Å²) in [7, 11) is 1.80. The van der Waals surface area contributed by atoms with E-state index in [0.29, 0.717) is 32.6 Å². The molecule has 0 bridgehead atoms. The summed E-state index contributed by atoms with van der Waals surface area (Å²) >= 11 is 0. The van der Waals surface area contributed by atoms with E-state index < -0.39 is 23.8 Å². The zero-order chi connectivity index (χ0) is 24.5. The molecule has 3 atom stereocenters. The number of piperazine rings is 1. The molecule has 0 aliphatic carbocycles. The molecule has 11 nitrogen and oxygen atoms in total. The molecule has 1 amide bonds. The number of aromatic nitrogens is 2. The fraction of sp³-hybridized carbons (Fsp3) is 0.714. The van der Waals surface area contributed by atoms with Gasteiger partial charge < -0.3 is 30.1 Å². The largest absolute Gasteiger partial charge is 0.476 e. The number of ether oxygens (including phenoxy) is 2. The van der Waals surface area contributed by atoms with Crippen LogP contribution in [0, 0.1) is 0 Å². The van der Waals surface area contributed by atoms with Gasteiger partial charge in [0.05, 0.1) is 0 Å². The lowest BCUT2D eigenvalue weighted by molar-refractivity contribution is 0.0218. The second-order valence-electron chi connectivity index (χ2n) is 9.60. The summed E-state index contributed by atoms with van der Waals surface area (Å²) < 4.78 is 24.8. The molecule has 33 heavy (non-hydrogen) atoms. The van der Waals surface area contributed by atoms with E-state index in [9.17, 15) is 19.1 Å².